The number of hydrogen-bond acceptors (Lipinski definition) is 6. The summed E-state index contributed by atoms with van der Waals surface area (Å²) in [5, 5.41) is 14.0. The molecule has 0 bridgehead atoms. The van der Waals surface area contributed by atoms with Crippen LogP contribution in [0.3, 0.4) is 0 Å². The highest BCUT2D eigenvalue weighted by Gasteiger charge is 2.24. The zero-order valence-electron chi connectivity index (χ0n) is 46.3. The molecule has 0 radical (unpaired) electrons. The Balaban J connectivity index is 4.06. The zero-order chi connectivity index (χ0) is 49.9. The van der Waals surface area contributed by atoms with E-state index < -0.39 is 20.0 Å². The summed E-state index contributed by atoms with van der Waals surface area (Å²) >= 11 is 0. The summed E-state index contributed by atoms with van der Waals surface area (Å²) in [5.74, 6) is -0.159. The van der Waals surface area contributed by atoms with Gasteiger partial charge in [-0.3, -0.25) is 9.36 Å². The number of likely N-dealkylation sites (N-methyl/N-ethyl adjacent to an activating group) is 1. The fourth-order valence-corrected chi connectivity index (χ4v) is 10.00. The summed E-state index contributed by atoms with van der Waals surface area (Å²) < 4.78 is 23.4. The van der Waals surface area contributed by atoms with E-state index >= 15 is 0 Å². The lowest BCUT2D eigenvalue weighted by molar-refractivity contribution is -0.870. The van der Waals surface area contributed by atoms with Crippen molar-refractivity contribution in [2.75, 3.05) is 40.9 Å². The van der Waals surface area contributed by atoms with Gasteiger partial charge in [-0.25, -0.2) is 0 Å². The Morgan fingerprint density at radius 2 is 0.809 bits per heavy atom. The molecule has 0 aromatic rings. The number of quaternary nitrogens is 1. The molecule has 9 heteroatoms. The standard InChI is InChI=1S/C59H119N2O6P/c1-6-8-10-12-14-16-18-20-22-24-25-26-27-28-29-30-31-32-33-34-35-37-39-41-43-45-47-49-51-53-59(63)60-57(56-67-68(64,65)66-55-54-61(3,4)5)58(62)52-50-48-46-44-42-40-38-36-23-21-19-17-15-13-11-9-7-2/h28-29,57-58,62H,6-27,30-56H2,1-5H3,(H-,60,63,64,65)/b29-28-. The van der Waals surface area contributed by atoms with Gasteiger partial charge in [-0.1, -0.05) is 276 Å². The van der Waals surface area contributed by atoms with Crippen LogP contribution in [-0.4, -0.2) is 68.5 Å². The molecule has 0 saturated carbocycles. The SMILES string of the molecule is CCCCCCCCCCCCCC/C=C\CCCCCCCCCCCCCCCC(=O)NC(COP(=O)([O-])OCC[N+](C)(C)C)C(O)CCCCCCCCCCCCCCCCCCC. The molecule has 2 N–H and O–H groups in total. The number of rotatable bonds is 56. The molecule has 406 valence electrons. The normalized spacial score (nSPS) is 13.9. The highest BCUT2D eigenvalue weighted by molar-refractivity contribution is 7.45. The van der Waals surface area contributed by atoms with Gasteiger partial charge in [0.25, 0.3) is 7.82 Å². The number of nitrogens with zero attached hydrogens (tertiary/aromatic N) is 1. The van der Waals surface area contributed by atoms with Gasteiger partial charge in [0, 0.05) is 6.42 Å². The molecule has 1 amide bonds. The van der Waals surface area contributed by atoms with E-state index in [1.807, 2.05) is 21.1 Å². The topological polar surface area (TPSA) is 108 Å². The van der Waals surface area contributed by atoms with Crippen LogP contribution >= 0.6 is 7.82 Å². The molecular weight excluding hydrogens is 864 g/mol. The largest absolute Gasteiger partial charge is 0.756 e. The number of aliphatic hydroxyl groups excluding tert-OH is 1. The molecule has 0 saturated heterocycles. The first kappa shape index (κ1) is 67.2. The van der Waals surface area contributed by atoms with Crippen LogP contribution in [0.25, 0.3) is 0 Å². The van der Waals surface area contributed by atoms with Gasteiger partial charge in [0.15, 0.2) is 0 Å². The number of unbranched alkanes of at least 4 members (excludes halogenated alkanes) is 41. The smallest absolute Gasteiger partial charge is 0.268 e. The van der Waals surface area contributed by atoms with Gasteiger partial charge in [0.1, 0.15) is 13.2 Å². The Bertz CT molecular complexity index is 1120. The highest BCUT2D eigenvalue weighted by Crippen LogP contribution is 2.38. The average molecular weight is 984 g/mol. The van der Waals surface area contributed by atoms with Gasteiger partial charge >= 0.3 is 0 Å². The van der Waals surface area contributed by atoms with E-state index in [-0.39, 0.29) is 19.1 Å². The third-order valence-corrected chi connectivity index (χ3v) is 15.0. The van der Waals surface area contributed by atoms with Crippen LogP contribution in [0.15, 0.2) is 12.2 Å². The summed E-state index contributed by atoms with van der Waals surface area (Å²) in [7, 11) is 1.32. The maximum Gasteiger partial charge on any atom is 0.268 e. The second-order valence-electron chi connectivity index (χ2n) is 22.1. The third kappa shape index (κ3) is 53.0. The number of carbonyl (C=O) groups is 1. The molecule has 0 aromatic heterocycles. The van der Waals surface area contributed by atoms with E-state index in [4.69, 9.17) is 9.05 Å². The van der Waals surface area contributed by atoms with Crippen molar-refractivity contribution in [2.45, 2.75) is 321 Å². The minimum atomic E-state index is -4.57. The van der Waals surface area contributed by atoms with Crippen molar-refractivity contribution in [3.05, 3.63) is 12.2 Å². The van der Waals surface area contributed by atoms with Crippen molar-refractivity contribution in [3.63, 3.8) is 0 Å². The number of hydrogen-bond donors (Lipinski definition) is 2. The number of phosphoric ester groups is 1. The van der Waals surface area contributed by atoms with Crippen molar-refractivity contribution in [1.29, 1.82) is 0 Å². The molecular formula is C59H119N2O6P. The predicted octanol–water partition coefficient (Wildman–Crippen LogP) is 17.6. The van der Waals surface area contributed by atoms with Crippen LogP contribution in [0.4, 0.5) is 0 Å². The lowest BCUT2D eigenvalue weighted by Gasteiger charge is -2.30. The van der Waals surface area contributed by atoms with Crippen molar-refractivity contribution >= 4 is 13.7 Å². The molecule has 0 aliphatic rings. The molecule has 0 aliphatic heterocycles. The first-order valence-corrected chi connectivity index (χ1v) is 31.5. The molecule has 0 aromatic carbocycles. The number of nitrogens with one attached hydrogen (secondary N) is 1. The molecule has 3 unspecified atom stereocenters. The third-order valence-electron chi connectivity index (χ3n) is 14.0. The van der Waals surface area contributed by atoms with Crippen LogP contribution in [0.2, 0.25) is 0 Å². The number of carbonyl (C=O) groups excluding carboxylic acids is 1. The summed E-state index contributed by atoms with van der Waals surface area (Å²) in [6.07, 6.45) is 62.5. The Morgan fingerprint density at radius 1 is 0.500 bits per heavy atom. The van der Waals surface area contributed by atoms with Gasteiger partial charge in [-0.15, -0.1) is 0 Å². The molecule has 0 heterocycles. The van der Waals surface area contributed by atoms with Crippen molar-refractivity contribution < 1.29 is 32.9 Å². The van der Waals surface area contributed by atoms with Gasteiger partial charge in [0.2, 0.25) is 5.91 Å². The maximum absolute atomic E-state index is 13.0. The van der Waals surface area contributed by atoms with Crippen LogP contribution in [0, 0.1) is 0 Å². The van der Waals surface area contributed by atoms with E-state index in [0.29, 0.717) is 23.9 Å². The number of aliphatic hydroxyl groups is 1. The van der Waals surface area contributed by atoms with Crippen LogP contribution in [-0.2, 0) is 18.4 Å². The summed E-state index contributed by atoms with van der Waals surface area (Å²) in [4.78, 5) is 25.5. The fraction of sp³-hybridized carbons (Fsp3) is 0.949. The van der Waals surface area contributed by atoms with E-state index in [0.717, 1.165) is 38.5 Å². The quantitative estimate of drug-likeness (QED) is 0.0272. The monoisotopic (exact) mass is 983 g/mol. The minimum absolute atomic E-state index is 0.0150. The van der Waals surface area contributed by atoms with E-state index in [2.05, 4.69) is 31.3 Å². The summed E-state index contributed by atoms with van der Waals surface area (Å²) in [6.45, 7) is 4.77. The molecule has 0 spiro atoms. The number of allylic oxidation sites excluding steroid dienone is 2. The Kier molecular flexibility index (Phi) is 50.6. The molecule has 3 atom stereocenters. The molecule has 0 rings (SSSR count). The summed E-state index contributed by atoms with van der Waals surface area (Å²) in [5.41, 5.74) is 0. The molecule has 68 heavy (non-hydrogen) atoms. The molecule has 0 fully saturated rings. The number of phosphoric acid groups is 1. The lowest BCUT2D eigenvalue weighted by atomic mass is 10.0. The van der Waals surface area contributed by atoms with Crippen molar-refractivity contribution in [1.82, 2.24) is 5.32 Å². The Labute approximate surface area is 424 Å². The molecule has 8 nitrogen and oxygen atoms in total. The van der Waals surface area contributed by atoms with Crippen molar-refractivity contribution in [3.8, 4) is 0 Å². The number of amides is 1. The van der Waals surface area contributed by atoms with E-state index in [1.165, 1.54) is 244 Å². The van der Waals surface area contributed by atoms with E-state index in [9.17, 15) is 19.4 Å². The van der Waals surface area contributed by atoms with Gasteiger partial charge in [-0.05, 0) is 38.5 Å². The zero-order valence-corrected chi connectivity index (χ0v) is 47.2. The fourth-order valence-electron chi connectivity index (χ4n) is 9.27. The Hall–Kier alpha value is -0.760. The van der Waals surface area contributed by atoms with Crippen LogP contribution in [0.5, 0.6) is 0 Å². The lowest BCUT2D eigenvalue weighted by Crippen LogP contribution is -2.46. The minimum Gasteiger partial charge on any atom is -0.756 e. The van der Waals surface area contributed by atoms with Gasteiger partial charge < -0.3 is 28.8 Å². The molecule has 0 aliphatic carbocycles. The predicted molar refractivity (Wildman–Crippen MR) is 293 cm³/mol. The van der Waals surface area contributed by atoms with E-state index in [1.54, 1.807) is 0 Å². The summed E-state index contributed by atoms with van der Waals surface area (Å²) in [6, 6.07) is -0.798. The van der Waals surface area contributed by atoms with Gasteiger partial charge in [0.05, 0.1) is 39.9 Å². The maximum atomic E-state index is 13.0. The second kappa shape index (κ2) is 51.2. The highest BCUT2D eigenvalue weighted by atomic mass is 31.2. The first-order valence-electron chi connectivity index (χ1n) is 30.0. The van der Waals surface area contributed by atoms with Crippen LogP contribution < -0.4 is 10.2 Å². The van der Waals surface area contributed by atoms with Gasteiger partial charge in [-0.2, -0.15) is 0 Å². The van der Waals surface area contributed by atoms with Crippen molar-refractivity contribution in [2.24, 2.45) is 0 Å². The average Bonchev–Trinajstić information content (AvgIpc) is 3.30. The van der Waals surface area contributed by atoms with Crippen LogP contribution in [0.1, 0.15) is 309 Å². The Morgan fingerprint density at radius 3 is 1.15 bits per heavy atom. The first-order chi connectivity index (χ1) is 33.0. The second-order valence-corrected chi connectivity index (χ2v) is 23.5.